The maximum atomic E-state index is 10.1. The average molecular weight is 528 g/mol. The number of hydrogen-bond acceptors (Lipinski definition) is 6. The Hall–Kier alpha value is -2.54. The Balaban J connectivity index is 0.00000304. The number of thioether (sulfide) groups is 1. The van der Waals surface area contributed by atoms with Gasteiger partial charge in [-0.05, 0) is 78.4 Å². The lowest BCUT2D eigenvalue weighted by Gasteiger charge is -2.34. The molecule has 0 saturated carbocycles. The second kappa shape index (κ2) is 11.2. The first-order chi connectivity index (χ1) is 16.9. The molecule has 0 unspecified atom stereocenters. The molecule has 36 heavy (non-hydrogen) atoms. The number of ether oxygens (including phenoxy) is 2. The third-order valence-electron chi connectivity index (χ3n) is 7.28. The van der Waals surface area contributed by atoms with Gasteiger partial charge in [0, 0.05) is 13.1 Å². The van der Waals surface area contributed by atoms with Crippen molar-refractivity contribution in [1.82, 2.24) is 4.90 Å². The zero-order valence-corrected chi connectivity index (χ0v) is 22.4. The highest BCUT2D eigenvalue weighted by Crippen LogP contribution is 2.54. The monoisotopic (exact) mass is 527 g/mol. The number of benzene rings is 3. The summed E-state index contributed by atoms with van der Waals surface area (Å²) in [4.78, 5) is 3.38. The molecule has 3 aromatic carbocycles. The summed E-state index contributed by atoms with van der Waals surface area (Å²) in [6.45, 7) is 8.59. The van der Waals surface area contributed by atoms with E-state index in [1.165, 1.54) is 12.8 Å². The van der Waals surface area contributed by atoms with Gasteiger partial charge in [0.15, 0.2) is 0 Å². The van der Waals surface area contributed by atoms with Crippen molar-refractivity contribution in [2.75, 3.05) is 26.2 Å². The fraction of sp³-hybridized carbons (Fsp3) is 0.379. The molecule has 0 aliphatic carbocycles. The first-order valence-corrected chi connectivity index (χ1v) is 13.2. The molecule has 0 radical (unpaired) electrons. The van der Waals surface area contributed by atoms with E-state index < -0.39 is 0 Å². The van der Waals surface area contributed by atoms with E-state index >= 15 is 0 Å². The molecule has 3 atom stereocenters. The number of nitrogens with zero attached hydrogens (tertiary/aromatic N) is 1. The van der Waals surface area contributed by atoms with Crippen molar-refractivity contribution in [3.05, 3.63) is 77.9 Å². The van der Waals surface area contributed by atoms with Gasteiger partial charge in [0.1, 0.15) is 35.7 Å². The van der Waals surface area contributed by atoms with Crippen molar-refractivity contribution >= 4 is 24.2 Å². The predicted octanol–water partition coefficient (Wildman–Crippen LogP) is 6.99. The molecule has 7 heteroatoms. The van der Waals surface area contributed by atoms with Crippen LogP contribution in [0, 0.1) is 5.41 Å². The fourth-order valence-electron chi connectivity index (χ4n) is 4.92. The summed E-state index contributed by atoms with van der Waals surface area (Å²) >= 11 is 1.64. The second-order valence-electron chi connectivity index (χ2n) is 9.91. The number of rotatable bonds is 7. The second-order valence-corrected chi connectivity index (χ2v) is 11.1. The van der Waals surface area contributed by atoms with Crippen LogP contribution in [0.2, 0.25) is 0 Å². The number of phenolic OH excluding ortho intramolecular Hbond substituents is 2. The van der Waals surface area contributed by atoms with E-state index in [9.17, 15) is 10.2 Å². The van der Waals surface area contributed by atoms with E-state index in [-0.39, 0.29) is 35.3 Å². The van der Waals surface area contributed by atoms with E-state index in [2.05, 4.69) is 30.9 Å². The molecule has 0 aromatic heterocycles. The van der Waals surface area contributed by atoms with Crippen LogP contribution < -0.4 is 9.47 Å². The molecule has 2 heterocycles. The standard InChI is InChI=1S/C29H33NO4S.ClH/c1-3-29(2)13-14-30(19-29)15-16-33-24-10-7-20(8-11-24)27-28(21-5-4-6-22(31)17-21)35-26-18-23(32)9-12-25(26)34-27;/h4-12,17-18,27-28,31-32H,3,13-16,19H2,1-2H3;1H/t27-,28+,29+;/m0./s1. The fourth-order valence-corrected chi connectivity index (χ4v) is 6.24. The molecule has 0 amide bonds. The lowest BCUT2D eigenvalue weighted by Crippen LogP contribution is -2.28. The molecule has 3 aromatic rings. The highest BCUT2D eigenvalue weighted by molar-refractivity contribution is 7.99. The predicted molar refractivity (Wildman–Crippen MR) is 147 cm³/mol. The summed E-state index contributed by atoms with van der Waals surface area (Å²) in [7, 11) is 0. The third-order valence-corrected chi connectivity index (χ3v) is 8.63. The summed E-state index contributed by atoms with van der Waals surface area (Å²) in [5.74, 6) is 2.04. The average Bonchev–Trinajstić information content (AvgIpc) is 3.25. The van der Waals surface area contributed by atoms with Gasteiger partial charge in [0.05, 0.1) is 10.1 Å². The maximum Gasteiger partial charge on any atom is 0.140 e. The van der Waals surface area contributed by atoms with Crippen molar-refractivity contribution in [2.24, 2.45) is 5.41 Å². The van der Waals surface area contributed by atoms with Crippen LogP contribution >= 0.6 is 24.2 Å². The highest BCUT2D eigenvalue weighted by Gasteiger charge is 2.34. The van der Waals surface area contributed by atoms with Gasteiger partial charge in [-0.3, -0.25) is 4.90 Å². The minimum Gasteiger partial charge on any atom is -0.508 e. The number of hydrogen-bond donors (Lipinski definition) is 2. The van der Waals surface area contributed by atoms with E-state index in [1.807, 2.05) is 30.3 Å². The van der Waals surface area contributed by atoms with Crippen LogP contribution in [-0.4, -0.2) is 41.4 Å². The molecular weight excluding hydrogens is 494 g/mol. The Bertz CT molecular complexity index is 1170. The van der Waals surface area contributed by atoms with Crippen LogP contribution in [0.25, 0.3) is 0 Å². The van der Waals surface area contributed by atoms with E-state index in [4.69, 9.17) is 9.47 Å². The Labute approximate surface area is 223 Å². The van der Waals surface area contributed by atoms with Crippen LogP contribution in [-0.2, 0) is 0 Å². The topological polar surface area (TPSA) is 62.2 Å². The molecule has 2 aliphatic heterocycles. The molecule has 5 rings (SSSR count). The SMILES string of the molecule is CC[C@]1(C)CCN(CCOc2ccc([C@@H]3Oc4ccc(O)cc4S[C@@H]3c3cccc(O)c3)cc2)C1.Cl. The summed E-state index contributed by atoms with van der Waals surface area (Å²) in [5.41, 5.74) is 2.46. The molecule has 1 fully saturated rings. The van der Waals surface area contributed by atoms with Gasteiger partial charge in [-0.2, -0.15) is 0 Å². The van der Waals surface area contributed by atoms with Crippen molar-refractivity contribution in [2.45, 2.75) is 42.9 Å². The molecule has 1 saturated heterocycles. The van der Waals surface area contributed by atoms with Crippen LogP contribution in [0.3, 0.4) is 0 Å². The van der Waals surface area contributed by atoms with Gasteiger partial charge < -0.3 is 19.7 Å². The summed E-state index contributed by atoms with van der Waals surface area (Å²) < 4.78 is 12.5. The van der Waals surface area contributed by atoms with Gasteiger partial charge in [-0.15, -0.1) is 24.2 Å². The van der Waals surface area contributed by atoms with E-state index in [1.54, 1.807) is 36.0 Å². The first-order valence-electron chi connectivity index (χ1n) is 12.3. The van der Waals surface area contributed by atoms with Crippen molar-refractivity contribution in [3.8, 4) is 23.0 Å². The summed E-state index contributed by atoms with van der Waals surface area (Å²) in [6, 6.07) is 20.6. The van der Waals surface area contributed by atoms with Crippen molar-refractivity contribution in [1.29, 1.82) is 0 Å². The molecule has 0 spiro atoms. The van der Waals surface area contributed by atoms with Crippen LogP contribution in [0.1, 0.15) is 49.2 Å². The van der Waals surface area contributed by atoms with Crippen LogP contribution in [0.5, 0.6) is 23.0 Å². The molecule has 5 nitrogen and oxygen atoms in total. The maximum absolute atomic E-state index is 10.1. The number of aromatic hydroxyl groups is 2. The Morgan fingerprint density at radius 2 is 1.81 bits per heavy atom. The van der Waals surface area contributed by atoms with Crippen molar-refractivity contribution < 1.29 is 19.7 Å². The number of halogens is 1. The zero-order chi connectivity index (χ0) is 24.4. The largest absolute Gasteiger partial charge is 0.508 e. The molecule has 0 bridgehead atoms. The van der Waals surface area contributed by atoms with Gasteiger partial charge in [-0.1, -0.05) is 38.1 Å². The quantitative estimate of drug-likeness (QED) is 0.345. The van der Waals surface area contributed by atoms with Gasteiger partial charge in [-0.25, -0.2) is 0 Å². The Kier molecular flexibility index (Phi) is 8.28. The summed E-state index contributed by atoms with van der Waals surface area (Å²) in [6.07, 6.45) is 2.24. The normalized spacial score (nSPS) is 23.4. The number of likely N-dealkylation sites (tertiary alicyclic amines) is 1. The minimum atomic E-state index is -0.246. The van der Waals surface area contributed by atoms with E-state index in [0.29, 0.717) is 12.0 Å². The van der Waals surface area contributed by atoms with Gasteiger partial charge in [0.2, 0.25) is 0 Å². The smallest absolute Gasteiger partial charge is 0.140 e. The Morgan fingerprint density at radius 1 is 1.03 bits per heavy atom. The summed E-state index contributed by atoms with van der Waals surface area (Å²) in [5, 5.41) is 19.9. The molecule has 192 valence electrons. The minimum absolute atomic E-state index is 0. The zero-order valence-electron chi connectivity index (χ0n) is 20.7. The first kappa shape index (κ1) is 26.5. The lowest BCUT2D eigenvalue weighted by molar-refractivity contribution is 0.190. The van der Waals surface area contributed by atoms with Gasteiger partial charge >= 0.3 is 0 Å². The van der Waals surface area contributed by atoms with Crippen molar-refractivity contribution in [3.63, 3.8) is 0 Å². The molecule has 2 N–H and O–H groups in total. The number of phenols is 2. The van der Waals surface area contributed by atoms with Gasteiger partial charge in [0.25, 0.3) is 0 Å². The lowest BCUT2D eigenvalue weighted by atomic mass is 9.87. The number of fused-ring (bicyclic) bond motifs is 1. The molecule has 2 aliphatic rings. The molecular formula is C29H34ClNO4S. The van der Waals surface area contributed by atoms with E-state index in [0.717, 1.165) is 47.2 Å². The highest BCUT2D eigenvalue weighted by atomic mass is 35.5. The Morgan fingerprint density at radius 3 is 2.53 bits per heavy atom. The van der Waals surface area contributed by atoms with Crippen LogP contribution in [0.4, 0.5) is 0 Å². The third kappa shape index (κ3) is 5.88. The van der Waals surface area contributed by atoms with Crippen LogP contribution in [0.15, 0.2) is 71.6 Å².